The largest absolute Gasteiger partial charge is 0.496 e. The van der Waals surface area contributed by atoms with Gasteiger partial charge in [0.05, 0.1) is 19.3 Å². The second-order valence-corrected chi connectivity index (χ2v) is 6.57. The zero-order chi connectivity index (χ0) is 18.4. The van der Waals surface area contributed by atoms with Crippen molar-refractivity contribution in [2.45, 2.75) is 39.7 Å². The van der Waals surface area contributed by atoms with Gasteiger partial charge in [0.2, 0.25) is 5.91 Å². The minimum Gasteiger partial charge on any atom is -0.496 e. The monoisotopic (exact) mass is 475 g/mol. The van der Waals surface area contributed by atoms with Gasteiger partial charge in [0.15, 0.2) is 5.96 Å². The second-order valence-electron chi connectivity index (χ2n) is 6.57. The number of amides is 1. The van der Waals surface area contributed by atoms with Crippen LogP contribution in [0.3, 0.4) is 0 Å². The lowest BCUT2D eigenvalue weighted by atomic mass is 9.95. The van der Waals surface area contributed by atoms with Crippen molar-refractivity contribution in [3.63, 3.8) is 0 Å². The number of hydrogen-bond acceptors (Lipinski definition) is 4. The summed E-state index contributed by atoms with van der Waals surface area (Å²) in [5.41, 5.74) is 8.35. The van der Waals surface area contributed by atoms with Crippen LogP contribution in [0.15, 0.2) is 11.2 Å². The third-order valence-electron chi connectivity index (χ3n) is 4.68. The molecule has 3 N–H and O–H groups in total. The van der Waals surface area contributed by atoms with E-state index in [0.29, 0.717) is 18.9 Å². The molecule has 1 aliphatic rings. The Hall–Kier alpha value is -1.58. The summed E-state index contributed by atoms with van der Waals surface area (Å²) in [7, 11) is 3.45. The average Bonchev–Trinajstić information content (AvgIpc) is 2.57. The number of carbonyl (C=O) groups excluding carboxylic acids is 1. The summed E-state index contributed by atoms with van der Waals surface area (Å²) in [6.45, 7) is 6.31. The van der Waals surface area contributed by atoms with E-state index in [4.69, 9.17) is 10.5 Å². The predicted octanol–water partition coefficient (Wildman–Crippen LogP) is 1.99. The third kappa shape index (κ3) is 5.72. The zero-order valence-electron chi connectivity index (χ0n) is 16.0. The molecule has 0 saturated carbocycles. The van der Waals surface area contributed by atoms with E-state index < -0.39 is 0 Å². The Morgan fingerprint density at radius 1 is 1.50 bits per heavy atom. The van der Waals surface area contributed by atoms with Crippen molar-refractivity contribution in [2.24, 2.45) is 16.6 Å². The number of rotatable bonds is 5. The number of aliphatic imine (C=N–C) groups is 1. The van der Waals surface area contributed by atoms with Crippen molar-refractivity contribution in [1.29, 1.82) is 0 Å². The molecule has 1 aromatic heterocycles. The first-order valence-corrected chi connectivity index (χ1v) is 8.69. The van der Waals surface area contributed by atoms with Crippen molar-refractivity contribution in [3.8, 4) is 5.75 Å². The van der Waals surface area contributed by atoms with Gasteiger partial charge in [-0.05, 0) is 32.6 Å². The Balaban J connectivity index is 0.00000338. The highest BCUT2D eigenvalue weighted by Crippen LogP contribution is 2.24. The van der Waals surface area contributed by atoms with E-state index in [2.05, 4.69) is 20.2 Å². The normalized spacial score (nSPS) is 17.5. The molecule has 1 unspecified atom stereocenters. The van der Waals surface area contributed by atoms with Crippen LogP contribution in [-0.4, -0.2) is 49.0 Å². The molecule has 7 nitrogen and oxygen atoms in total. The fourth-order valence-electron chi connectivity index (χ4n) is 3.45. The standard InChI is InChI=1S/C18H29N5O2.HI/c1-12-9-21-15(13(2)17(12)25-4)10-22-18(20-3)23-7-5-6-14(11-23)8-16(19)24;/h9,14H,5-8,10-11H2,1-4H3,(H2,19,24)(H,20,22);1H. The van der Waals surface area contributed by atoms with Crippen LogP contribution >= 0.6 is 24.0 Å². The second kappa shape index (κ2) is 10.5. The minimum atomic E-state index is -0.235. The van der Waals surface area contributed by atoms with Gasteiger partial charge in [-0.25, -0.2) is 0 Å². The zero-order valence-corrected chi connectivity index (χ0v) is 18.4. The first-order chi connectivity index (χ1) is 12.0. The fraction of sp³-hybridized carbons (Fsp3) is 0.611. The summed E-state index contributed by atoms with van der Waals surface area (Å²) in [6, 6.07) is 0. The summed E-state index contributed by atoms with van der Waals surface area (Å²) in [6.07, 6.45) is 4.33. The molecule has 1 amide bonds. The van der Waals surface area contributed by atoms with Gasteiger partial charge in [0.25, 0.3) is 0 Å². The molecule has 0 aromatic carbocycles. The van der Waals surface area contributed by atoms with E-state index >= 15 is 0 Å². The Bertz CT molecular complexity index is 651. The number of pyridine rings is 1. The molecule has 26 heavy (non-hydrogen) atoms. The summed E-state index contributed by atoms with van der Waals surface area (Å²) in [5, 5.41) is 3.38. The highest BCUT2D eigenvalue weighted by Gasteiger charge is 2.23. The van der Waals surface area contributed by atoms with Crippen LogP contribution in [0.25, 0.3) is 0 Å². The van der Waals surface area contributed by atoms with Crippen molar-refractivity contribution < 1.29 is 9.53 Å². The summed E-state index contributed by atoms with van der Waals surface area (Å²) < 4.78 is 5.46. The quantitative estimate of drug-likeness (QED) is 0.386. The van der Waals surface area contributed by atoms with Gasteiger partial charge >= 0.3 is 0 Å². The Morgan fingerprint density at radius 2 is 2.23 bits per heavy atom. The number of likely N-dealkylation sites (tertiary alicyclic amines) is 1. The van der Waals surface area contributed by atoms with Gasteiger partial charge in [-0.15, -0.1) is 24.0 Å². The lowest BCUT2D eigenvalue weighted by molar-refractivity contribution is -0.119. The molecule has 1 fully saturated rings. The number of nitrogens with zero attached hydrogens (tertiary/aromatic N) is 3. The molecule has 1 aliphatic heterocycles. The molecular weight excluding hydrogens is 445 g/mol. The number of primary amides is 1. The Labute approximate surface area is 172 Å². The maximum atomic E-state index is 11.2. The van der Waals surface area contributed by atoms with Crippen LogP contribution in [0.2, 0.25) is 0 Å². The van der Waals surface area contributed by atoms with Gasteiger partial charge in [0, 0.05) is 43.9 Å². The van der Waals surface area contributed by atoms with Gasteiger partial charge in [-0.1, -0.05) is 0 Å². The molecule has 8 heteroatoms. The topological polar surface area (TPSA) is 92.8 Å². The van der Waals surface area contributed by atoms with Gasteiger partial charge in [0.1, 0.15) is 5.75 Å². The number of piperidine rings is 1. The van der Waals surface area contributed by atoms with Crippen LogP contribution in [0.1, 0.15) is 36.1 Å². The van der Waals surface area contributed by atoms with Crippen molar-refractivity contribution in [2.75, 3.05) is 27.2 Å². The van der Waals surface area contributed by atoms with Crippen molar-refractivity contribution >= 4 is 35.8 Å². The fourth-order valence-corrected chi connectivity index (χ4v) is 3.45. The smallest absolute Gasteiger partial charge is 0.217 e. The summed E-state index contributed by atoms with van der Waals surface area (Å²) >= 11 is 0. The van der Waals surface area contributed by atoms with Crippen LogP contribution in [0.5, 0.6) is 5.75 Å². The number of halogens is 1. The first-order valence-electron chi connectivity index (χ1n) is 8.69. The Kier molecular flexibility index (Phi) is 9.11. The minimum absolute atomic E-state index is 0. The third-order valence-corrected chi connectivity index (χ3v) is 4.68. The van der Waals surface area contributed by atoms with Crippen LogP contribution in [0, 0.1) is 19.8 Å². The molecule has 1 atom stereocenters. The summed E-state index contributed by atoms with van der Waals surface area (Å²) in [5.74, 6) is 1.77. The number of hydrogen-bond donors (Lipinski definition) is 2. The SMILES string of the molecule is CN=C(NCc1ncc(C)c(OC)c1C)N1CCCC(CC(N)=O)C1.I. The number of nitrogens with two attached hydrogens (primary N) is 1. The van der Waals surface area contributed by atoms with E-state index in [1.807, 2.05) is 20.0 Å². The van der Waals surface area contributed by atoms with E-state index in [-0.39, 0.29) is 29.9 Å². The van der Waals surface area contributed by atoms with Gasteiger partial charge in [-0.2, -0.15) is 0 Å². The molecule has 1 aromatic rings. The van der Waals surface area contributed by atoms with Crippen LogP contribution < -0.4 is 15.8 Å². The maximum Gasteiger partial charge on any atom is 0.217 e. The van der Waals surface area contributed by atoms with E-state index in [1.54, 1.807) is 14.2 Å². The van der Waals surface area contributed by atoms with Crippen molar-refractivity contribution in [1.82, 2.24) is 15.2 Å². The van der Waals surface area contributed by atoms with Crippen LogP contribution in [-0.2, 0) is 11.3 Å². The van der Waals surface area contributed by atoms with E-state index in [9.17, 15) is 4.79 Å². The number of aromatic nitrogens is 1. The maximum absolute atomic E-state index is 11.2. The first kappa shape index (κ1) is 22.5. The number of nitrogens with one attached hydrogen (secondary N) is 1. The van der Waals surface area contributed by atoms with Crippen LogP contribution in [0.4, 0.5) is 0 Å². The number of guanidine groups is 1. The molecule has 1 saturated heterocycles. The lowest BCUT2D eigenvalue weighted by Crippen LogP contribution is -2.47. The van der Waals surface area contributed by atoms with Crippen molar-refractivity contribution in [3.05, 3.63) is 23.0 Å². The molecule has 2 heterocycles. The van der Waals surface area contributed by atoms with E-state index in [1.165, 1.54) is 0 Å². The molecule has 0 radical (unpaired) electrons. The molecule has 0 spiro atoms. The molecule has 146 valence electrons. The molecule has 0 aliphatic carbocycles. The van der Waals surface area contributed by atoms with E-state index in [0.717, 1.165) is 54.5 Å². The number of aryl methyl sites for hydroxylation is 1. The highest BCUT2D eigenvalue weighted by molar-refractivity contribution is 14.0. The number of methoxy groups -OCH3 is 1. The summed E-state index contributed by atoms with van der Waals surface area (Å²) in [4.78, 5) is 22.3. The average molecular weight is 475 g/mol. The highest BCUT2D eigenvalue weighted by atomic mass is 127. The molecule has 2 rings (SSSR count). The van der Waals surface area contributed by atoms with Gasteiger partial charge in [-0.3, -0.25) is 14.8 Å². The number of ether oxygens (including phenoxy) is 1. The number of carbonyl (C=O) groups is 1. The Morgan fingerprint density at radius 3 is 2.85 bits per heavy atom. The predicted molar refractivity (Wildman–Crippen MR) is 114 cm³/mol. The molecule has 0 bridgehead atoms. The van der Waals surface area contributed by atoms with Gasteiger partial charge < -0.3 is 20.7 Å². The lowest BCUT2D eigenvalue weighted by Gasteiger charge is -2.34. The molecular formula is C18H30IN5O2.